The van der Waals surface area contributed by atoms with E-state index in [9.17, 15) is 4.79 Å². The zero-order chi connectivity index (χ0) is 12.3. The van der Waals surface area contributed by atoms with E-state index in [1.54, 1.807) is 24.3 Å². The van der Waals surface area contributed by atoms with Crippen LogP contribution in [0.3, 0.4) is 0 Å². The second-order valence-electron chi connectivity index (χ2n) is 3.35. The summed E-state index contributed by atoms with van der Waals surface area (Å²) in [5.41, 5.74) is 2.31. The van der Waals surface area contributed by atoms with Gasteiger partial charge in [0.15, 0.2) is 5.69 Å². The van der Waals surface area contributed by atoms with Crippen molar-refractivity contribution >= 4 is 11.7 Å². The molecule has 0 spiro atoms. The molecule has 0 unspecified atom stereocenters. The lowest BCUT2D eigenvalue weighted by Gasteiger charge is -2.04. The van der Waals surface area contributed by atoms with E-state index in [-0.39, 0.29) is 0 Å². The van der Waals surface area contributed by atoms with Crippen molar-refractivity contribution in [2.45, 2.75) is 0 Å². The van der Waals surface area contributed by atoms with E-state index in [1.165, 1.54) is 19.6 Å². The Kier molecular flexibility index (Phi) is 2.93. The van der Waals surface area contributed by atoms with E-state index in [2.05, 4.69) is 9.58 Å². The molecule has 0 aliphatic heterocycles. The molecule has 2 aromatic rings. The van der Waals surface area contributed by atoms with Crippen molar-refractivity contribution in [3.8, 4) is 11.1 Å². The largest absolute Gasteiger partial charge is 0.472 e. The summed E-state index contributed by atoms with van der Waals surface area (Å²) >= 11 is 0. The minimum atomic E-state index is -0.425. The quantitative estimate of drug-likeness (QED) is 0.584. The maximum Gasteiger partial charge on any atom is 0.337 e. The second-order valence-corrected chi connectivity index (χ2v) is 3.35. The highest BCUT2D eigenvalue weighted by Gasteiger charge is 2.11. The average molecular weight is 227 g/mol. The van der Waals surface area contributed by atoms with Gasteiger partial charge in [0, 0.05) is 5.56 Å². The number of methoxy groups -OCH3 is 1. The van der Waals surface area contributed by atoms with Gasteiger partial charge in [-0.3, -0.25) is 0 Å². The molecule has 2 rings (SSSR count). The molecule has 0 bridgehead atoms. The molecule has 0 radical (unpaired) electrons. The molecule has 4 heteroatoms. The number of benzene rings is 1. The molecular weight excluding hydrogens is 218 g/mol. The van der Waals surface area contributed by atoms with Gasteiger partial charge in [0.25, 0.3) is 0 Å². The van der Waals surface area contributed by atoms with Gasteiger partial charge in [-0.25, -0.2) is 9.64 Å². The molecule has 0 amide bonds. The summed E-state index contributed by atoms with van der Waals surface area (Å²) in [6.45, 7) is 7.09. The predicted octanol–water partition coefficient (Wildman–Crippen LogP) is 3.28. The third kappa shape index (κ3) is 2.04. The first kappa shape index (κ1) is 11.0. The topological polar surface area (TPSA) is 43.8 Å². The molecule has 0 fully saturated rings. The number of carbonyl (C=O) groups excluding carboxylic acids is 1. The SMILES string of the molecule is [C-]#[N+]c1ccc(C(=O)OC)cc1-c1ccoc1. The van der Waals surface area contributed by atoms with Crippen LogP contribution in [0.2, 0.25) is 0 Å². The maximum atomic E-state index is 11.4. The molecule has 84 valence electrons. The van der Waals surface area contributed by atoms with Crippen molar-refractivity contribution in [2.24, 2.45) is 0 Å². The van der Waals surface area contributed by atoms with Crippen LogP contribution in [-0.2, 0) is 4.74 Å². The smallest absolute Gasteiger partial charge is 0.337 e. The van der Waals surface area contributed by atoms with Gasteiger partial charge in [0.1, 0.15) is 0 Å². The van der Waals surface area contributed by atoms with Gasteiger partial charge >= 0.3 is 5.97 Å². The summed E-state index contributed by atoms with van der Waals surface area (Å²) in [4.78, 5) is 14.8. The molecule has 4 nitrogen and oxygen atoms in total. The van der Waals surface area contributed by atoms with E-state index in [4.69, 9.17) is 11.0 Å². The molecule has 1 heterocycles. The number of hydrogen-bond donors (Lipinski definition) is 0. The number of esters is 1. The fourth-order valence-corrected chi connectivity index (χ4v) is 1.53. The van der Waals surface area contributed by atoms with Crippen LogP contribution >= 0.6 is 0 Å². The summed E-state index contributed by atoms with van der Waals surface area (Å²) in [7, 11) is 1.32. The van der Waals surface area contributed by atoms with Gasteiger partial charge in [-0.15, -0.1) is 0 Å². The Balaban J connectivity index is 2.56. The first-order valence-electron chi connectivity index (χ1n) is 4.88. The Morgan fingerprint density at radius 1 is 1.41 bits per heavy atom. The molecule has 0 saturated carbocycles. The fraction of sp³-hybridized carbons (Fsp3) is 0.0769. The highest BCUT2D eigenvalue weighted by atomic mass is 16.5. The minimum absolute atomic E-state index is 0.413. The van der Waals surface area contributed by atoms with Crippen molar-refractivity contribution < 1.29 is 13.9 Å². The fourth-order valence-electron chi connectivity index (χ4n) is 1.53. The summed E-state index contributed by atoms with van der Waals surface area (Å²) < 4.78 is 9.62. The monoisotopic (exact) mass is 227 g/mol. The normalized spacial score (nSPS) is 9.65. The van der Waals surface area contributed by atoms with Gasteiger partial charge in [0.2, 0.25) is 0 Å². The van der Waals surface area contributed by atoms with Crippen LogP contribution in [0.15, 0.2) is 41.2 Å². The van der Waals surface area contributed by atoms with Crippen LogP contribution in [0.1, 0.15) is 10.4 Å². The van der Waals surface area contributed by atoms with E-state index in [0.29, 0.717) is 16.8 Å². The molecule has 1 aromatic heterocycles. The molecule has 0 aliphatic rings. The Labute approximate surface area is 98.3 Å². The average Bonchev–Trinajstić information content (AvgIpc) is 2.90. The maximum absolute atomic E-state index is 11.4. The Morgan fingerprint density at radius 3 is 2.82 bits per heavy atom. The van der Waals surface area contributed by atoms with Crippen LogP contribution in [-0.4, -0.2) is 13.1 Å². The summed E-state index contributed by atoms with van der Waals surface area (Å²) in [6, 6.07) is 6.54. The van der Waals surface area contributed by atoms with Crippen LogP contribution in [0, 0.1) is 6.57 Å². The van der Waals surface area contributed by atoms with Crippen LogP contribution < -0.4 is 0 Å². The lowest BCUT2D eigenvalue weighted by atomic mass is 10.0. The number of rotatable bonds is 2. The predicted molar refractivity (Wildman–Crippen MR) is 61.7 cm³/mol. The number of ether oxygens (including phenoxy) is 1. The van der Waals surface area contributed by atoms with Gasteiger partial charge < -0.3 is 9.15 Å². The van der Waals surface area contributed by atoms with Crippen molar-refractivity contribution in [3.63, 3.8) is 0 Å². The molecule has 0 saturated heterocycles. The molecule has 0 atom stereocenters. The standard InChI is InChI=1S/C13H9NO3/c1-14-12-4-3-9(13(15)16-2)7-11(12)10-5-6-17-8-10/h3-8H,2H3. The van der Waals surface area contributed by atoms with Gasteiger partial charge in [-0.05, 0) is 11.6 Å². The van der Waals surface area contributed by atoms with Gasteiger partial charge in [-0.1, -0.05) is 18.2 Å². The zero-order valence-corrected chi connectivity index (χ0v) is 9.14. The molecule has 1 aromatic carbocycles. The van der Waals surface area contributed by atoms with E-state index < -0.39 is 5.97 Å². The van der Waals surface area contributed by atoms with E-state index in [1.807, 2.05) is 0 Å². The number of carbonyl (C=O) groups is 1. The number of nitrogens with zero attached hydrogens (tertiary/aromatic N) is 1. The lowest BCUT2D eigenvalue weighted by molar-refractivity contribution is 0.0601. The number of furan rings is 1. The Morgan fingerprint density at radius 2 is 2.24 bits per heavy atom. The van der Waals surface area contributed by atoms with Crippen molar-refractivity contribution in [1.82, 2.24) is 0 Å². The summed E-state index contributed by atoms with van der Waals surface area (Å²) in [5, 5.41) is 0. The third-order valence-corrected chi connectivity index (χ3v) is 2.37. The molecular formula is C13H9NO3. The van der Waals surface area contributed by atoms with Gasteiger partial charge in [0.05, 0.1) is 31.8 Å². The van der Waals surface area contributed by atoms with Crippen LogP contribution in [0.4, 0.5) is 5.69 Å². The highest BCUT2D eigenvalue weighted by molar-refractivity contribution is 5.93. The van der Waals surface area contributed by atoms with Crippen LogP contribution in [0.5, 0.6) is 0 Å². The molecule has 0 aliphatic carbocycles. The minimum Gasteiger partial charge on any atom is -0.472 e. The Bertz CT molecular complexity index is 579. The Hall–Kier alpha value is -2.54. The lowest BCUT2D eigenvalue weighted by Crippen LogP contribution is -2.00. The first-order valence-corrected chi connectivity index (χ1v) is 4.88. The summed E-state index contributed by atoms with van der Waals surface area (Å²) in [5.74, 6) is -0.425. The van der Waals surface area contributed by atoms with Crippen molar-refractivity contribution in [3.05, 3.63) is 53.8 Å². The highest BCUT2D eigenvalue weighted by Crippen LogP contribution is 2.31. The van der Waals surface area contributed by atoms with Crippen molar-refractivity contribution in [1.29, 1.82) is 0 Å². The van der Waals surface area contributed by atoms with Crippen molar-refractivity contribution in [2.75, 3.05) is 7.11 Å². The summed E-state index contributed by atoms with van der Waals surface area (Å²) in [6.07, 6.45) is 3.05. The van der Waals surface area contributed by atoms with E-state index >= 15 is 0 Å². The molecule has 0 N–H and O–H groups in total. The first-order chi connectivity index (χ1) is 8.26. The molecule has 17 heavy (non-hydrogen) atoms. The second kappa shape index (κ2) is 4.54. The zero-order valence-electron chi connectivity index (χ0n) is 9.14. The van der Waals surface area contributed by atoms with Gasteiger partial charge in [-0.2, -0.15) is 0 Å². The van der Waals surface area contributed by atoms with Crippen LogP contribution in [0.25, 0.3) is 16.0 Å². The third-order valence-electron chi connectivity index (χ3n) is 2.37. The number of hydrogen-bond acceptors (Lipinski definition) is 3. The van der Waals surface area contributed by atoms with E-state index in [0.717, 1.165) is 5.56 Å².